The number of hydrogen-bond acceptors (Lipinski definition) is 2. The molecule has 1 saturated heterocycles. The summed E-state index contributed by atoms with van der Waals surface area (Å²) in [6, 6.07) is 9.94. The molecule has 1 aliphatic rings. The molecule has 2 N–H and O–H groups in total. The van der Waals surface area contributed by atoms with Crippen LogP contribution < -0.4 is 5.73 Å². The molecule has 114 valence electrons. The molecule has 1 amide bonds. The molecule has 0 bridgehead atoms. The largest absolute Gasteiger partial charge is 0.393 e. The van der Waals surface area contributed by atoms with Gasteiger partial charge in [-0.25, -0.2) is 0 Å². The summed E-state index contributed by atoms with van der Waals surface area (Å²) in [6.07, 6.45) is 1.65. The van der Waals surface area contributed by atoms with Crippen molar-refractivity contribution in [3.05, 3.63) is 35.9 Å². The number of nitrogens with zero attached hydrogens (tertiary/aromatic N) is 1. The van der Waals surface area contributed by atoms with Crippen molar-refractivity contribution in [2.45, 2.75) is 26.7 Å². The minimum absolute atomic E-state index is 0.0881. The van der Waals surface area contributed by atoms with E-state index < -0.39 is 0 Å². The van der Waals surface area contributed by atoms with Gasteiger partial charge in [-0.2, -0.15) is 0 Å². The standard InChI is InChI=1S/C17H24N2OS/c1-12-8-9-19(11-13(12)2)17(20)15(16(18)21)10-14-6-4-3-5-7-14/h3-7,12-13,15H,8-11H2,1-2H3,(H2,18,21). The van der Waals surface area contributed by atoms with E-state index in [9.17, 15) is 4.79 Å². The van der Waals surface area contributed by atoms with Gasteiger partial charge in [0.2, 0.25) is 5.91 Å². The van der Waals surface area contributed by atoms with Gasteiger partial charge in [0, 0.05) is 13.1 Å². The molecule has 1 aromatic rings. The lowest BCUT2D eigenvalue weighted by Crippen LogP contribution is -2.48. The molecular weight excluding hydrogens is 280 g/mol. The first kappa shape index (κ1) is 16.0. The number of hydrogen-bond donors (Lipinski definition) is 1. The van der Waals surface area contributed by atoms with Crippen molar-refractivity contribution in [3.8, 4) is 0 Å². The highest BCUT2D eigenvalue weighted by Crippen LogP contribution is 2.24. The molecule has 0 aromatic heterocycles. The molecule has 1 heterocycles. The Hall–Kier alpha value is -1.42. The number of nitrogens with two attached hydrogens (primary N) is 1. The second-order valence-electron chi connectivity index (χ2n) is 6.17. The van der Waals surface area contributed by atoms with Crippen LogP contribution in [0.3, 0.4) is 0 Å². The fourth-order valence-corrected chi connectivity index (χ4v) is 3.03. The van der Waals surface area contributed by atoms with E-state index in [-0.39, 0.29) is 11.8 Å². The molecule has 3 nitrogen and oxygen atoms in total. The summed E-state index contributed by atoms with van der Waals surface area (Å²) < 4.78 is 0. The van der Waals surface area contributed by atoms with E-state index in [1.807, 2.05) is 35.2 Å². The summed E-state index contributed by atoms with van der Waals surface area (Å²) in [5.41, 5.74) is 6.94. The predicted molar refractivity (Wildman–Crippen MR) is 89.9 cm³/mol. The van der Waals surface area contributed by atoms with Gasteiger partial charge < -0.3 is 10.6 Å². The summed E-state index contributed by atoms with van der Waals surface area (Å²) in [4.78, 5) is 15.0. The first-order valence-electron chi connectivity index (χ1n) is 7.61. The number of amides is 1. The lowest BCUT2D eigenvalue weighted by atomic mass is 9.87. The predicted octanol–water partition coefficient (Wildman–Crippen LogP) is 2.64. The molecule has 0 radical (unpaired) electrons. The third kappa shape index (κ3) is 4.03. The first-order chi connectivity index (χ1) is 9.99. The van der Waals surface area contributed by atoms with E-state index in [1.165, 1.54) is 0 Å². The molecule has 1 aliphatic heterocycles. The maximum atomic E-state index is 12.8. The second kappa shape index (κ2) is 7.03. The molecule has 4 heteroatoms. The Morgan fingerprint density at radius 1 is 1.33 bits per heavy atom. The number of carbonyl (C=O) groups excluding carboxylic acids is 1. The van der Waals surface area contributed by atoms with Crippen molar-refractivity contribution in [2.75, 3.05) is 13.1 Å². The number of piperidine rings is 1. The quantitative estimate of drug-likeness (QED) is 0.870. The summed E-state index contributed by atoms with van der Waals surface area (Å²) >= 11 is 5.14. The Balaban J connectivity index is 2.08. The van der Waals surface area contributed by atoms with Gasteiger partial charge in [0.15, 0.2) is 0 Å². The molecule has 0 saturated carbocycles. The normalized spacial score (nSPS) is 23.6. The minimum atomic E-state index is -0.386. The average molecular weight is 304 g/mol. The van der Waals surface area contributed by atoms with Crippen LogP contribution in [0.4, 0.5) is 0 Å². The molecule has 0 spiro atoms. The van der Waals surface area contributed by atoms with E-state index in [0.717, 1.165) is 25.1 Å². The SMILES string of the molecule is CC1CCN(C(=O)C(Cc2ccccc2)C(N)=S)CC1C. The van der Waals surface area contributed by atoms with E-state index >= 15 is 0 Å². The summed E-state index contributed by atoms with van der Waals surface area (Å²) in [5, 5.41) is 0. The minimum Gasteiger partial charge on any atom is -0.393 e. The first-order valence-corrected chi connectivity index (χ1v) is 8.02. The van der Waals surface area contributed by atoms with Gasteiger partial charge in [0.1, 0.15) is 0 Å². The highest BCUT2D eigenvalue weighted by molar-refractivity contribution is 7.80. The summed E-state index contributed by atoms with van der Waals surface area (Å²) in [6.45, 7) is 6.09. The zero-order chi connectivity index (χ0) is 15.4. The van der Waals surface area contributed by atoms with E-state index in [4.69, 9.17) is 18.0 Å². The van der Waals surface area contributed by atoms with Crippen LogP contribution in [0, 0.1) is 17.8 Å². The third-order valence-corrected chi connectivity index (χ3v) is 4.85. The Morgan fingerprint density at radius 3 is 2.57 bits per heavy atom. The smallest absolute Gasteiger partial charge is 0.232 e. The van der Waals surface area contributed by atoms with Crippen LogP contribution in [-0.2, 0) is 11.2 Å². The van der Waals surface area contributed by atoms with Crippen LogP contribution in [0.2, 0.25) is 0 Å². The van der Waals surface area contributed by atoms with Crippen molar-refractivity contribution in [3.63, 3.8) is 0 Å². The van der Waals surface area contributed by atoms with Gasteiger partial charge >= 0.3 is 0 Å². The lowest BCUT2D eigenvalue weighted by Gasteiger charge is -2.37. The van der Waals surface area contributed by atoms with Crippen molar-refractivity contribution >= 4 is 23.1 Å². The Kier molecular flexibility index (Phi) is 5.34. The van der Waals surface area contributed by atoms with Gasteiger partial charge in [0.25, 0.3) is 0 Å². The van der Waals surface area contributed by atoms with Crippen LogP contribution >= 0.6 is 12.2 Å². The highest BCUT2D eigenvalue weighted by Gasteiger charge is 2.31. The molecule has 1 aromatic carbocycles. The molecule has 1 fully saturated rings. The fraction of sp³-hybridized carbons (Fsp3) is 0.529. The van der Waals surface area contributed by atoms with Crippen LogP contribution in [-0.4, -0.2) is 28.9 Å². The molecular formula is C17H24N2OS. The van der Waals surface area contributed by atoms with Crippen LogP contribution in [0.25, 0.3) is 0 Å². The van der Waals surface area contributed by atoms with Gasteiger partial charge in [-0.1, -0.05) is 56.4 Å². The van der Waals surface area contributed by atoms with Crippen molar-refractivity contribution in [2.24, 2.45) is 23.5 Å². The van der Waals surface area contributed by atoms with Crippen molar-refractivity contribution in [1.82, 2.24) is 4.90 Å². The molecule has 21 heavy (non-hydrogen) atoms. The van der Waals surface area contributed by atoms with Crippen molar-refractivity contribution < 1.29 is 4.79 Å². The van der Waals surface area contributed by atoms with Gasteiger partial charge in [0.05, 0.1) is 10.9 Å². The number of carbonyl (C=O) groups is 1. The monoisotopic (exact) mass is 304 g/mol. The van der Waals surface area contributed by atoms with Crippen LogP contribution in [0.5, 0.6) is 0 Å². The molecule has 0 aliphatic carbocycles. The van der Waals surface area contributed by atoms with Crippen LogP contribution in [0.1, 0.15) is 25.8 Å². The van der Waals surface area contributed by atoms with Gasteiger partial charge in [-0.05, 0) is 30.2 Å². The van der Waals surface area contributed by atoms with E-state index in [1.54, 1.807) is 0 Å². The second-order valence-corrected chi connectivity index (χ2v) is 6.64. The maximum Gasteiger partial charge on any atom is 0.232 e. The number of thiocarbonyl (C=S) groups is 1. The lowest BCUT2D eigenvalue weighted by molar-refractivity contribution is -0.135. The van der Waals surface area contributed by atoms with E-state index in [2.05, 4.69) is 13.8 Å². The van der Waals surface area contributed by atoms with Gasteiger partial charge in [-0.3, -0.25) is 4.79 Å². The zero-order valence-corrected chi connectivity index (χ0v) is 13.6. The molecule has 3 unspecified atom stereocenters. The van der Waals surface area contributed by atoms with Crippen molar-refractivity contribution in [1.29, 1.82) is 0 Å². The summed E-state index contributed by atoms with van der Waals surface area (Å²) in [7, 11) is 0. The number of rotatable bonds is 4. The number of benzene rings is 1. The number of likely N-dealkylation sites (tertiary alicyclic amines) is 1. The zero-order valence-electron chi connectivity index (χ0n) is 12.8. The Labute approximate surface area is 132 Å². The van der Waals surface area contributed by atoms with Crippen LogP contribution in [0.15, 0.2) is 30.3 Å². The third-order valence-electron chi connectivity index (χ3n) is 4.57. The molecule has 2 rings (SSSR count). The Bertz CT molecular complexity index is 503. The van der Waals surface area contributed by atoms with E-state index in [0.29, 0.717) is 23.2 Å². The molecule has 3 atom stereocenters. The average Bonchev–Trinajstić information content (AvgIpc) is 2.47. The highest BCUT2D eigenvalue weighted by atomic mass is 32.1. The Morgan fingerprint density at radius 2 is 2.00 bits per heavy atom. The summed E-state index contributed by atoms with van der Waals surface area (Å²) in [5.74, 6) is 0.908. The fourth-order valence-electron chi connectivity index (χ4n) is 2.84. The van der Waals surface area contributed by atoms with Gasteiger partial charge in [-0.15, -0.1) is 0 Å². The maximum absolute atomic E-state index is 12.8. The topological polar surface area (TPSA) is 46.3 Å².